The molecule has 0 atom stereocenters. The molecule has 0 aliphatic rings. The van der Waals surface area contributed by atoms with Gasteiger partial charge in [0.15, 0.2) is 0 Å². The standard InChI is InChI=1S/C7H3ClFN5OS/c8-6-10-1-3(2-11-6)12-4(15)5-13-14-7(9)16-5/h1-2H,(H,12,15). The summed E-state index contributed by atoms with van der Waals surface area (Å²) in [7, 11) is 0. The van der Waals surface area contributed by atoms with Gasteiger partial charge in [0.05, 0.1) is 18.1 Å². The molecule has 0 aliphatic heterocycles. The first kappa shape index (κ1) is 10.8. The Balaban J connectivity index is 2.10. The molecule has 6 nitrogen and oxygen atoms in total. The first-order valence-corrected chi connectivity index (χ1v) is 5.12. The molecular weight excluding hydrogens is 257 g/mol. The van der Waals surface area contributed by atoms with Crippen LogP contribution >= 0.6 is 22.9 Å². The lowest BCUT2D eigenvalue weighted by Crippen LogP contribution is -2.12. The Morgan fingerprint density at radius 2 is 2.06 bits per heavy atom. The van der Waals surface area contributed by atoms with Crippen molar-refractivity contribution in [2.45, 2.75) is 0 Å². The monoisotopic (exact) mass is 259 g/mol. The Hall–Kier alpha value is -1.67. The Bertz CT molecular complexity index is 516. The first-order valence-electron chi connectivity index (χ1n) is 3.93. The van der Waals surface area contributed by atoms with Gasteiger partial charge in [0, 0.05) is 0 Å². The molecule has 1 amide bonds. The van der Waals surface area contributed by atoms with E-state index in [0.29, 0.717) is 17.0 Å². The van der Waals surface area contributed by atoms with E-state index in [2.05, 4.69) is 25.5 Å². The molecule has 0 radical (unpaired) electrons. The fourth-order valence-corrected chi connectivity index (χ4v) is 1.42. The van der Waals surface area contributed by atoms with Crippen LogP contribution in [0, 0.1) is 5.26 Å². The van der Waals surface area contributed by atoms with Gasteiger partial charge in [0.2, 0.25) is 10.3 Å². The van der Waals surface area contributed by atoms with Gasteiger partial charge in [-0.25, -0.2) is 9.97 Å². The van der Waals surface area contributed by atoms with Crippen LogP contribution in [-0.4, -0.2) is 26.1 Å². The topological polar surface area (TPSA) is 80.7 Å². The van der Waals surface area contributed by atoms with Crippen LogP contribution in [0.2, 0.25) is 5.28 Å². The molecule has 2 aromatic heterocycles. The van der Waals surface area contributed by atoms with Gasteiger partial charge in [0.25, 0.3) is 11.2 Å². The molecule has 0 saturated carbocycles. The van der Waals surface area contributed by atoms with Crippen molar-refractivity contribution >= 4 is 34.5 Å². The molecule has 2 aromatic rings. The van der Waals surface area contributed by atoms with E-state index in [1.165, 1.54) is 12.4 Å². The molecule has 16 heavy (non-hydrogen) atoms. The zero-order chi connectivity index (χ0) is 11.5. The number of anilines is 1. The number of carbonyl (C=O) groups is 1. The Kier molecular flexibility index (Phi) is 3.02. The van der Waals surface area contributed by atoms with Crippen molar-refractivity contribution < 1.29 is 9.18 Å². The minimum absolute atomic E-state index is 0.0694. The molecular formula is C7H3ClFN5OS. The Labute approximate surface area is 97.5 Å². The zero-order valence-electron chi connectivity index (χ0n) is 7.52. The van der Waals surface area contributed by atoms with E-state index in [4.69, 9.17) is 11.6 Å². The molecule has 2 rings (SSSR count). The zero-order valence-corrected chi connectivity index (χ0v) is 9.09. The van der Waals surface area contributed by atoms with Crippen LogP contribution < -0.4 is 5.32 Å². The average molecular weight is 260 g/mol. The van der Waals surface area contributed by atoms with Crippen molar-refractivity contribution in [3.8, 4) is 0 Å². The number of nitrogens with one attached hydrogen (secondary N) is 1. The minimum Gasteiger partial charge on any atom is -0.317 e. The normalized spacial score (nSPS) is 10.1. The number of hydrogen-bond donors (Lipinski definition) is 1. The minimum atomic E-state index is -0.766. The lowest BCUT2D eigenvalue weighted by molar-refractivity contribution is 0.102. The summed E-state index contributed by atoms with van der Waals surface area (Å²) >= 11 is 6.01. The number of aromatic nitrogens is 4. The van der Waals surface area contributed by atoms with Gasteiger partial charge in [-0.2, -0.15) is 4.39 Å². The van der Waals surface area contributed by atoms with E-state index in [9.17, 15) is 9.18 Å². The first-order chi connectivity index (χ1) is 7.65. The number of carbonyl (C=O) groups excluding carboxylic acids is 1. The van der Waals surface area contributed by atoms with Crippen molar-refractivity contribution in [1.82, 2.24) is 20.2 Å². The second kappa shape index (κ2) is 4.45. The van der Waals surface area contributed by atoms with Gasteiger partial charge in [-0.1, -0.05) is 11.3 Å². The van der Waals surface area contributed by atoms with E-state index in [0.717, 1.165) is 0 Å². The Morgan fingerprint density at radius 1 is 1.38 bits per heavy atom. The SMILES string of the molecule is O=C(Nc1cnc(Cl)nc1)c1nnc(F)s1. The second-order valence-electron chi connectivity index (χ2n) is 2.56. The van der Waals surface area contributed by atoms with Gasteiger partial charge in [-0.3, -0.25) is 4.79 Å². The highest BCUT2D eigenvalue weighted by atomic mass is 35.5. The van der Waals surface area contributed by atoms with Crippen LogP contribution in [0.15, 0.2) is 12.4 Å². The van der Waals surface area contributed by atoms with E-state index in [1.807, 2.05) is 0 Å². The van der Waals surface area contributed by atoms with E-state index in [1.54, 1.807) is 0 Å². The van der Waals surface area contributed by atoms with Gasteiger partial charge in [-0.05, 0) is 11.6 Å². The average Bonchev–Trinajstić information content (AvgIpc) is 2.68. The summed E-state index contributed by atoms with van der Waals surface area (Å²) in [6.07, 6.45) is 2.65. The highest BCUT2D eigenvalue weighted by molar-refractivity contribution is 7.11. The molecule has 0 spiro atoms. The molecule has 2 heterocycles. The number of halogens is 2. The van der Waals surface area contributed by atoms with Gasteiger partial charge in [-0.15, -0.1) is 10.2 Å². The predicted octanol–water partition coefficient (Wildman–Crippen LogP) is 1.37. The van der Waals surface area contributed by atoms with Crippen molar-refractivity contribution in [2.24, 2.45) is 0 Å². The summed E-state index contributed by atoms with van der Waals surface area (Å²) in [5.41, 5.74) is 0.338. The van der Waals surface area contributed by atoms with Gasteiger partial charge < -0.3 is 5.32 Å². The van der Waals surface area contributed by atoms with E-state index < -0.39 is 11.2 Å². The smallest absolute Gasteiger partial charge is 0.289 e. The molecule has 9 heteroatoms. The predicted molar refractivity (Wildman–Crippen MR) is 54.9 cm³/mol. The number of rotatable bonds is 2. The summed E-state index contributed by atoms with van der Waals surface area (Å²) < 4.78 is 12.5. The molecule has 0 saturated heterocycles. The molecule has 0 aromatic carbocycles. The third kappa shape index (κ3) is 2.47. The molecule has 0 unspecified atom stereocenters. The highest BCUT2D eigenvalue weighted by Gasteiger charge is 2.12. The maximum absolute atomic E-state index is 12.5. The maximum Gasteiger partial charge on any atom is 0.289 e. The lowest BCUT2D eigenvalue weighted by Gasteiger charge is -2.00. The van der Waals surface area contributed by atoms with Gasteiger partial charge in [0.1, 0.15) is 0 Å². The van der Waals surface area contributed by atoms with Crippen LogP contribution in [-0.2, 0) is 0 Å². The molecule has 0 fully saturated rings. The fourth-order valence-electron chi connectivity index (χ4n) is 0.858. The van der Waals surface area contributed by atoms with Crippen molar-refractivity contribution in [2.75, 3.05) is 5.32 Å². The van der Waals surface area contributed by atoms with Crippen LogP contribution in [0.25, 0.3) is 0 Å². The van der Waals surface area contributed by atoms with Crippen LogP contribution in [0.1, 0.15) is 9.80 Å². The van der Waals surface area contributed by atoms with Crippen LogP contribution in [0.4, 0.5) is 10.1 Å². The van der Waals surface area contributed by atoms with Crippen molar-refractivity contribution in [3.63, 3.8) is 0 Å². The maximum atomic E-state index is 12.5. The fraction of sp³-hybridized carbons (Fsp3) is 0. The van der Waals surface area contributed by atoms with Crippen molar-refractivity contribution in [1.29, 1.82) is 0 Å². The molecule has 0 aliphatic carbocycles. The molecule has 1 N–H and O–H groups in total. The summed E-state index contributed by atoms with van der Waals surface area (Å²) in [5.74, 6) is -0.577. The molecule has 0 bridgehead atoms. The lowest BCUT2D eigenvalue weighted by atomic mass is 10.5. The Morgan fingerprint density at radius 3 is 2.62 bits per heavy atom. The van der Waals surface area contributed by atoms with E-state index in [-0.39, 0.29) is 10.3 Å². The largest absolute Gasteiger partial charge is 0.317 e. The van der Waals surface area contributed by atoms with E-state index >= 15 is 0 Å². The summed E-state index contributed by atoms with van der Waals surface area (Å²) in [6, 6.07) is 0. The van der Waals surface area contributed by atoms with Crippen LogP contribution in [0.5, 0.6) is 0 Å². The third-order valence-electron chi connectivity index (χ3n) is 1.47. The highest BCUT2D eigenvalue weighted by Crippen LogP contribution is 2.11. The second-order valence-corrected chi connectivity index (χ2v) is 3.82. The summed E-state index contributed by atoms with van der Waals surface area (Å²) in [6.45, 7) is 0. The quantitative estimate of drug-likeness (QED) is 0.824. The van der Waals surface area contributed by atoms with Crippen LogP contribution in [0.3, 0.4) is 0 Å². The van der Waals surface area contributed by atoms with Gasteiger partial charge >= 0.3 is 0 Å². The third-order valence-corrected chi connectivity index (χ3v) is 2.38. The summed E-state index contributed by atoms with van der Waals surface area (Å²) in [4.78, 5) is 18.8. The number of nitrogens with zero attached hydrogens (tertiary/aromatic N) is 4. The summed E-state index contributed by atoms with van der Waals surface area (Å²) in [5, 5.41) is 8.07. The number of hydrogen-bond acceptors (Lipinski definition) is 6. The molecule has 82 valence electrons. The van der Waals surface area contributed by atoms with Crippen molar-refractivity contribution in [3.05, 3.63) is 27.9 Å². The number of amides is 1.